The van der Waals surface area contributed by atoms with Crippen LogP contribution in [-0.2, 0) is 0 Å². The lowest BCUT2D eigenvalue weighted by atomic mass is 10.0. The van der Waals surface area contributed by atoms with E-state index in [2.05, 4.69) is 33.1 Å². The van der Waals surface area contributed by atoms with Crippen LogP contribution in [0.3, 0.4) is 0 Å². The number of nitrogens with one attached hydrogen (secondary N) is 1. The molecule has 2 aliphatic rings. The number of benzene rings is 1. The van der Waals surface area contributed by atoms with Crippen molar-refractivity contribution in [2.24, 2.45) is 0 Å². The van der Waals surface area contributed by atoms with E-state index in [1.54, 1.807) is 0 Å². The number of fused-ring (bicyclic) bond motifs is 3. The first-order chi connectivity index (χ1) is 10.8. The third-order valence-electron chi connectivity index (χ3n) is 4.69. The normalized spacial score (nSPS) is 19.6. The Morgan fingerprint density at radius 1 is 1.23 bits per heavy atom. The van der Waals surface area contributed by atoms with Gasteiger partial charge >= 0.3 is 6.03 Å². The molecule has 0 aliphatic carbocycles. The monoisotopic (exact) mass is 296 g/mol. The van der Waals surface area contributed by atoms with E-state index in [0.29, 0.717) is 6.54 Å². The number of amides is 2. The van der Waals surface area contributed by atoms with Gasteiger partial charge in [0.25, 0.3) is 0 Å². The van der Waals surface area contributed by atoms with Crippen LogP contribution in [-0.4, -0.2) is 40.1 Å². The van der Waals surface area contributed by atoms with Crippen molar-refractivity contribution < 1.29 is 4.79 Å². The zero-order valence-corrected chi connectivity index (χ0v) is 12.5. The Kier molecular flexibility index (Phi) is 3.33. The minimum Gasteiger partial charge on any atom is -0.336 e. The van der Waals surface area contributed by atoms with Crippen molar-refractivity contribution in [1.82, 2.24) is 19.8 Å². The Morgan fingerprint density at radius 3 is 2.91 bits per heavy atom. The van der Waals surface area contributed by atoms with Crippen LogP contribution in [0.4, 0.5) is 4.79 Å². The van der Waals surface area contributed by atoms with Gasteiger partial charge in [0.05, 0.1) is 24.3 Å². The van der Waals surface area contributed by atoms with Crippen LogP contribution in [0, 0.1) is 0 Å². The van der Waals surface area contributed by atoms with Crippen LogP contribution in [0.1, 0.15) is 30.9 Å². The van der Waals surface area contributed by atoms with Gasteiger partial charge in [-0.1, -0.05) is 24.3 Å². The summed E-state index contributed by atoms with van der Waals surface area (Å²) in [6, 6.07) is 8.56. The second-order valence-electron chi connectivity index (χ2n) is 6.02. The number of imidazole rings is 1. The summed E-state index contributed by atoms with van der Waals surface area (Å²) in [4.78, 5) is 18.5. The third kappa shape index (κ3) is 2.17. The number of aromatic nitrogens is 2. The standard InChI is InChI=1S/C17H20N4O/c22-17(20-8-4-1-5-9-20)19-11-16-14-7-3-2-6-13(14)15-10-18-12-21(15)16/h2-3,6-7,10,12,16H,1,4-5,8-9,11H2,(H,19,22)/t16-/m0/s1. The molecule has 5 nitrogen and oxygen atoms in total. The zero-order chi connectivity index (χ0) is 14.9. The molecule has 4 rings (SSSR count). The average Bonchev–Trinajstić information content (AvgIpc) is 3.15. The van der Waals surface area contributed by atoms with Gasteiger partial charge in [0.15, 0.2) is 0 Å². The predicted molar refractivity (Wildman–Crippen MR) is 84.6 cm³/mol. The molecule has 0 bridgehead atoms. The number of likely N-dealkylation sites (tertiary alicyclic amines) is 1. The Balaban J connectivity index is 1.50. The highest BCUT2D eigenvalue weighted by Gasteiger charge is 2.28. The van der Waals surface area contributed by atoms with E-state index in [0.717, 1.165) is 31.6 Å². The highest BCUT2D eigenvalue weighted by molar-refractivity contribution is 5.75. The first-order valence-electron chi connectivity index (χ1n) is 7.98. The Labute approximate surface area is 130 Å². The molecule has 5 heteroatoms. The summed E-state index contributed by atoms with van der Waals surface area (Å²) >= 11 is 0. The van der Waals surface area contributed by atoms with Gasteiger partial charge < -0.3 is 14.8 Å². The molecular formula is C17H20N4O. The predicted octanol–water partition coefficient (Wildman–Crippen LogP) is 2.65. The molecule has 1 atom stereocenters. The second-order valence-corrected chi connectivity index (χ2v) is 6.02. The molecule has 0 spiro atoms. The summed E-state index contributed by atoms with van der Waals surface area (Å²) < 4.78 is 2.15. The molecule has 1 aromatic heterocycles. The molecule has 114 valence electrons. The molecule has 22 heavy (non-hydrogen) atoms. The van der Waals surface area contributed by atoms with Crippen LogP contribution in [0.15, 0.2) is 36.8 Å². The maximum atomic E-state index is 12.3. The lowest BCUT2D eigenvalue weighted by Crippen LogP contribution is -2.44. The number of carbonyl (C=O) groups excluding carboxylic acids is 1. The average molecular weight is 296 g/mol. The van der Waals surface area contributed by atoms with E-state index in [1.807, 2.05) is 23.5 Å². The van der Waals surface area contributed by atoms with Gasteiger partial charge in [0, 0.05) is 25.2 Å². The molecule has 1 saturated heterocycles. The molecule has 1 N–H and O–H groups in total. The van der Waals surface area contributed by atoms with Crippen molar-refractivity contribution in [3.05, 3.63) is 42.4 Å². The molecular weight excluding hydrogens is 276 g/mol. The highest BCUT2D eigenvalue weighted by atomic mass is 16.2. The van der Waals surface area contributed by atoms with E-state index >= 15 is 0 Å². The number of hydrogen-bond donors (Lipinski definition) is 1. The minimum absolute atomic E-state index is 0.0609. The minimum atomic E-state index is 0.0609. The van der Waals surface area contributed by atoms with Crippen LogP contribution in [0.5, 0.6) is 0 Å². The number of carbonyl (C=O) groups is 1. The van der Waals surface area contributed by atoms with Gasteiger partial charge in [-0.15, -0.1) is 0 Å². The van der Waals surface area contributed by atoms with E-state index < -0.39 is 0 Å². The number of hydrogen-bond acceptors (Lipinski definition) is 2. The van der Waals surface area contributed by atoms with Crippen molar-refractivity contribution in [3.8, 4) is 11.3 Å². The highest BCUT2D eigenvalue weighted by Crippen LogP contribution is 2.38. The van der Waals surface area contributed by atoms with Crippen LogP contribution >= 0.6 is 0 Å². The molecule has 3 heterocycles. The summed E-state index contributed by atoms with van der Waals surface area (Å²) in [5.41, 5.74) is 3.61. The van der Waals surface area contributed by atoms with Gasteiger partial charge in [-0.25, -0.2) is 9.78 Å². The van der Waals surface area contributed by atoms with Gasteiger partial charge in [0.1, 0.15) is 0 Å². The Bertz CT molecular complexity index is 687. The van der Waals surface area contributed by atoms with Crippen molar-refractivity contribution in [2.75, 3.05) is 19.6 Å². The topological polar surface area (TPSA) is 50.2 Å². The molecule has 1 fully saturated rings. The van der Waals surface area contributed by atoms with Crippen LogP contribution < -0.4 is 5.32 Å². The van der Waals surface area contributed by atoms with E-state index in [4.69, 9.17) is 0 Å². The van der Waals surface area contributed by atoms with Gasteiger partial charge in [-0.2, -0.15) is 0 Å². The third-order valence-corrected chi connectivity index (χ3v) is 4.69. The quantitative estimate of drug-likeness (QED) is 0.926. The summed E-state index contributed by atoms with van der Waals surface area (Å²) in [6.07, 6.45) is 7.22. The van der Waals surface area contributed by atoms with Gasteiger partial charge in [-0.05, 0) is 24.8 Å². The number of nitrogens with zero attached hydrogens (tertiary/aromatic N) is 3. The summed E-state index contributed by atoms with van der Waals surface area (Å²) in [5.74, 6) is 0. The first kappa shape index (κ1) is 13.4. The van der Waals surface area contributed by atoms with E-state index in [1.165, 1.54) is 17.5 Å². The number of piperidine rings is 1. The molecule has 0 saturated carbocycles. The zero-order valence-electron chi connectivity index (χ0n) is 12.5. The van der Waals surface area contributed by atoms with Crippen molar-refractivity contribution in [1.29, 1.82) is 0 Å². The van der Waals surface area contributed by atoms with E-state index in [9.17, 15) is 4.79 Å². The van der Waals surface area contributed by atoms with Gasteiger partial charge in [0.2, 0.25) is 0 Å². The molecule has 2 amide bonds. The lowest BCUT2D eigenvalue weighted by Gasteiger charge is -2.27. The summed E-state index contributed by atoms with van der Waals surface area (Å²) in [5, 5.41) is 3.10. The Hall–Kier alpha value is -2.30. The van der Waals surface area contributed by atoms with Crippen molar-refractivity contribution in [3.63, 3.8) is 0 Å². The fraction of sp³-hybridized carbons (Fsp3) is 0.412. The fourth-order valence-electron chi connectivity index (χ4n) is 3.53. The summed E-state index contributed by atoms with van der Waals surface area (Å²) in [6.45, 7) is 2.36. The molecule has 1 aromatic carbocycles. The lowest BCUT2D eigenvalue weighted by molar-refractivity contribution is 0.185. The van der Waals surface area contributed by atoms with E-state index in [-0.39, 0.29) is 12.1 Å². The molecule has 0 radical (unpaired) electrons. The fourth-order valence-corrected chi connectivity index (χ4v) is 3.53. The number of rotatable bonds is 2. The maximum absolute atomic E-state index is 12.3. The Morgan fingerprint density at radius 2 is 2.05 bits per heavy atom. The number of urea groups is 1. The van der Waals surface area contributed by atoms with Crippen molar-refractivity contribution in [2.45, 2.75) is 25.3 Å². The summed E-state index contributed by atoms with van der Waals surface area (Å²) in [7, 11) is 0. The SMILES string of the molecule is O=C(NC[C@H]1c2ccccc2-c2cncn21)N1CCCCC1. The van der Waals surface area contributed by atoms with Crippen LogP contribution in [0.25, 0.3) is 11.3 Å². The molecule has 0 unspecified atom stereocenters. The first-order valence-corrected chi connectivity index (χ1v) is 7.98. The van der Waals surface area contributed by atoms with Crippen LogP contribution in [0.2, 0.25) is 0 Å². The largest absolute Gasteiger partial charge is 0.336 e. The van der Waals surface area contributed by atoms with Crippen molar-refractivity contribution >= 4 is 6.03 Å². The smallest absolute Gasteiger partial charge is 0.317 e. The molecule has 2 aliphatic heterocycles. The van der Waals surface area contributed by atoms with Gasteiger partial charge in [-0.3, -0.25) is 0 Å². The maximum Gasteiger partial charge on any atom is 0.317 e. The second kappa shape index (κ2) is 5.48. The molecule has 2 aromatic rings.